The zero-order chi connectivity index (χ0) is 23.3. The topological polar surface area (TPSA) is 71.5 Å². The molecule has 1 atom stereocenters. The normalized spacial score (nSPS) is 19.1. The van der Waals surface area contributed by atoms with Crippen LogP contribution in [0.2, 0.25) is 5.02 Å². The Morgan fingerprint density at radius 3 is 2.74 bits per heavy atom. The number of piperidine rings is 1. The summed E-state index contributed by atoms with van der Waals surface area (Å²) in [6.45, 7) is 1.94. The molecule has 6 rings (SSSR count). The molecule has 0 saturated carbocycles. The van der Waals surface area contributed by atoms with E-state index in [0.29, 0.717) is 16.8 Å². The molecule has 0 radical (unpaired) electrons. The van der Waals surface area contributed by atoms with Crippen LogP contribution in [0.15, 0.2) is 70.8 Å². The standard InChI is InChI=1S/C26H27ClN6S/c1-29-23-18-6-3-2-5-17(18)15-26(23)9-12-32(13-10-26)25-31-16-21(24-30-11-14-33(24)25)34-20-8-4-7-19(28)22(20)27/h2-8,11,14,16,23,29H,9-10,12-13,15,28H2,1H3/t23-/m1/s1. The van der Waals surface area contributed by atoms with Gasteiger partial charge >= 0.3 is 0 Å². The highest BCUT2D eigenvalue weighted by molar-refractivity contribution is 7.99. The number of nitrogens with two attached hydrogens (primary N) is 1. The quantitative estimate of drug-likeness (QED) is 0.382. The van der Waals surface area contributed by atoms with E-state index in [9.17, 15) is 0 Å². The van der Waals surface area contributed by atoms with Gasteiger partial charge in [0, 0.05) is 42.6 Å². The minimum atomic E-state index is 0.267. The summed E-state index contributed by atoms with van der Waals surface area (Å²) in [5.74, 6) is 0.946. The van der Waals surface area contributed by atoms with Crippen molar-refractivity contribution in [2.45, 2.75) is 35.1 Å². The number of fused-ring (bicyclic) bond motifs is 2. The van der Waals surface area contributed by atoms with Crippen LogP contribution in [0.4, 0.5) is 11.6 Å². The van der Waals surface area contributed by atoms with E-state index in [1.54, 1.807) is 11.8 Å². The number of nitrogen functional groups attached to an aromatic ring is 1. The number of nitrogens with one attached hydrogen (secondary N) is 1. The molecule has 0 amide bonds. The first-order chi connectivity index (χ1) is 16.6. The fourth-order valence-corrected chi connectivity index (χ4v) is 6.96. The lowest BCUT2D eigenvalue weighted by atomic mass is 9.73. The Morgan fingerprint density at radius 1 is 1.09 bits per heavy atom. The fourth-order valence-electron chi connectivity index (χ4n) is 5.78. The Kier molecular flexibility index (Phi) is 5.43. The number of imidazole rings is 1. The predicted molar refractivity (Wildman–Crippen MR) is 139 cm³/mol. The molecule has 174 valence electrons. The number of aromatic nitrogens is 3. The van der Waals surface area contributed by atoms with Crippen LogP contribution in [0.5, 0.6) is 0 Å². The van der Waals surface area contributed by atoms with Crippen LogP contribution in [0.3, 0.4) is 0 Å². The average molecular weight is 491 g/mol. The van der Waals surface area contributed by atoms with Crippen LogP contribution in [-0.2, 0) is 6.42 Å². The molecule has 2 aromatic carbocycles. The summed E-state index contributed by atoms with van der Waals surface area (Å²) < 4.78 is 2.10. The third-order valence-electron chi connectivity index (χ3n) is 7.44. The van der Waals surface area contributed by atoms with Crippen molar-refractivity contribution in [3.8, 4) is 0 Å². The number of hydrogen-bond donors (Lipinski definition) is 2. The second-order valence-electron chi connectivity index (χ2n) is 9.25. The molecule has 3 N–H and O–H groups in total. The SMILES string of the molecule is CN[C@@H]1c2ccccc2CC12CCN(c1ncc(Sc3cccc(N)c3Cl)c3nccn13)CC2. The van der Waals surface area contributed by atoms with Crippen LogP contribution in [0.1, 0.15) is 30.0 Å². The van der Waals surface area contributed by atoms with Gasteiger partial charge in [0.05, 0.1) is 15.6 Å². The van der Waals surface area contributed by atoms with Crippen molar-refractivity contribution in [1.29, 1.82) is 0 Å². The second kappa shape index (κ2) is 8.48. The molecular formula is C26H27ClN6S. The number of halogens is 1. The monoisotopic (exact) mass is 490 g/mol. The molecule has 0 unspecified atom stereocenters. The van der Waals surface area contributed by atoms with E-state index in [4.69, 9.17) is 22.3 Å². The van der Waals surface area contributed by atoms with Crippen LogP contribution < -0.4 is 16.0 Å². The van der Waals surface area contributed by atoms with Crippen LogP contribution in [0.25, 0.3) is 5.65 Å². The minimum absolute atomic E-state index is 0.267. The van der Waals surface area contributed by atoms with Gasteiger partial charge in [-0.05, 0) is 55.0 Å². The minimum Gasteiger partial charge on any atom is -0.397 e. The molecule has 4 aromatic rings. The summed E-state index contributed by atoms with van der Waals surface area (Å²) in [6, 6.07) is 15.0. The van der Waals surface area contributed by atoms with Crippen molar-refractivity contribution >= 4 is 40.6 Å². The summed E-state index contributed by atoms with van der Waals surface area (Å²) in [7, 11) is 2.10. The van der Waals surface area contributed by atoms with E-state index in [-0.39, 0.29) is 5.41 Å². The van der Waals surface area contributed by atoms with Crippen molar-refractivity contribution < 1.29 is 0 Å². The number of nitrogens with zero attached hydrogens (tertiary/aromatic N) is 4. The van der Waals surface area contributed by atoms with Gasteiger partial charge in [-0.25, -0.2) is 9.97 Å². The number of hydrogen-bond acceptors (Lipinski definition) is 6. The van der Waals surface area contributed by atoms with Crippen LogP contribution in [0, 0.1) is 5.41 Å². The lowest BCUT2D eigenvalue weighted by molar-refractivity contribution is 0.166. The van der Waals surface area contributed by atoms with Gasteiger partial charge in [0.2, 0.25) is 5.95 Å². The van der Waals surface area contributed by atoms with E-state index < -0.39 is 0 Å². The molecule has 2 aromatic heterocycles. The molecule has 1 saturated heterocycles. The lowest BCUT2D eigenvalue weighted by Crippen LogP contribution is -2.45. The van der Waals surface area contributed by atoms with E-state index in [1.807, 2.05) is 36.8 Å². The van der Waals surface area contributed by atoms with Crippen molar-refractivity contribution in [3.63, 3.8) is 0 Å². The van der Waals surface area contributed by atoms with Crippen LogP contribution >= 0.6 is 23.4 Å². The first-order valence-electron chi connectivity index (χ1n) is 11.6. The zero-order valence-electron chi connectivity index (χ0n) is 19.0. The Balaban J connectivity index is 1.26. The third kappa shape index (κ3) is 3.45. The summed E-state index contributed by atoms with van der Waals surface area (Å²) in [5, 5.41) is 4.20. The van der Waals surface area contributed by atoms with Gasteiger partial charge in [0.25, 0.3) is 0 Å². The maximum Gasteiger partial charge on any atom is 0.211 e. The van der Waals surface area contributed by atoms with E-state index in [1.165, 1.54) is 11.1 Å². The van der Waals surface area contributed by atoms with E-state index in [0.717, 1.165) is 53.7 Å². The number of anilines is 2. The number of rotatable bonds is 4. The molecule has 2 aliphatic rings. The highest BCUT2D eigenvalue weighted by Gasteiger charge is 2.47. The van der Waals surface area contributed by atoms with Gasteiger partial charge in [0.1, 0.15) is 0 Å². The predicted octanol–water partition coefficient (Wildman–Crippen LogP) is 5.22. The van der Waals surface area contributed by atoms with Crippen molar-refractivity contribution in [1.82, 2.24) is 19.7 Å². The molecule has 1 spiro atoms. The summed E-state index contributed by atoms with van der Waals surface area (Å²) >= 11 is 7.98. The molecule has 6 nitrogen and oxygen atoms in total. The summed E-state index contributed by atoms with van der Waals surface area (Å²) in [5.41, 5.74) is 10.7. The molecule has 1 fully saturated rings. The highest BCUT2D eigenvalue weighted by Crippen LogP contribution is 2.52. The maximum absolute atomic E-state index is 6.43. The number of benzene rings is 2. The lowest BCUT2D eigenvalue weighted by Gasteiger charge is -2.43. The van der Waals surface area contributed by atoms with Gasteiger partial charge in [0.15, 0.2) is 5.65 Å². The fraction of sp³-hybridized carbons (Fsp3) is 0.308. The van der Waals surface area contributed by atoms with Gasteiger partial charge in [-0.15, -0.1) is 0 Å². The van der Waals surface area contributed by atoms with Crippen molar-refractivity contribution in [3.05, 3.63) is 77.2 Å². The average Bonchev–Trinajstić information content (AvgIpc) is 3.46. The molecule has 34 heavy (non-hydrogen) atoms. The maximum atomic E-state index is 6.43. The summed E-state index contributed by atoms with van der Waals surface area (Å²) in [4.78, 5) is 13.8. The first-order valence-corrected chi connectivity index (χ1v) is 12.8. The molecule has 1 aliphatic carbocycles. The summed E-state index contributed by atoms with van der Waals surface area (Å²) in [6.07, 6.45) is 9.14. The first kappa shape index (κ1) is 21.8. The smallest absolute Gasteiger partial charge is 0.211 e. The molecule has 1 aliphatic heterocycles. The molecule has 8 heteroatoms. The van der Waals surface area contributed by atoms with Crippen molar-refractivity contribution in [2.75, 3.05) is 30.8 Å². The van der Waals surface area contributed by atoms with Gasteiger partial charge < -0.3 is 16.0 Å². The van der Waals surface area contributed by atoms with Crippen LogP contribution in [-0.4, -0.2) is 34.5 Å². The largest absolute Gasteiger partial charge is 0.397 e. The van der Waals surface area contributed by atoms with Gasteiger partial charge in [-0.3, -0.25) is 4.40 Å². The van der Waals surface area contributed by atoms with Gasteiger partial charge in [-0.2, -0.15) is 0 Å². The Hall–Kier alpha value is -2.74. The molecule has 3 heterocycles. The Morgan fingerprint density at radius 2 is 1.91 bits per heavy atom. The van der Waals surface area contributed by atoms with Gasteiger partial charge in [-0.1, -0.05) is 53.7 Å². The van der Waals surface area contributed by atoms with E-state index in [2.05, 4.69) is 50.9 Å². The Labute approximate surface area is 208 Å². The van der Waals surface area contributed by atoms with Crippen molar-refractivity contribution in [2.24, 2.45) is 5.41 Å². The Bertz CT molecular complexity index is 1360. The molecule has 0 bridgehead atoms. The zero-order valence-corrected chi connectivity index (χ0v) is 20.6. The highest BCUT2D eigenvalue weighted by atomic mass is 35.5. The third-order valence-corrected chi connectivity index (χ3v) is 9.04. The molecular weight excluding hydrogens is 464 g/mol. The second-order valence-corrected chi connectivity index (χ2v) is 10.7. The van der Waals surface area contributed by atoms with E-state index >= 15 is 0 Å².